The third-order valence-electron chi connectivity index (χ3n) is 2.74. The van der Waals surface area contributed by atoms with Crippen molar-refractivity contribution in [2.24, 2.45) is 0 Å². The first-order valence-corrected chi connectivity index (χ1v) is 6.03. The Balaban J connectivity index is 1.84. The quantitative estimate of drug-likeness (QED) is 0.756. The highest BCUT2D eigenvalue weighted by Gasteiger charge is 2.17. The second kappa shape index (κ2) is 5.62. The summed E-state index contributed by atoms with van der Waals surface area (Å²) in [6.07, 6.45) is 2.76. The van der Waals surface area contributed by atoms with E-state index in [0.717, 1.165) is 25.4 Å². The minimum absolute atomic E-state index is 0.393. The maximum atomic E-state index is 5.84. The average Bonchev–Trinajstić information content (AvgIpc) is 2.70. The van der Waals surface area contributed by atoms with Crippen LogP contribution in [0.5, 0.6) is 0 Å². The molecule has 0 aromatic carbocycles. The van der Waals surface area contributed by atoms with Gasteiger partial charge in [-0.3, -0.25) is 4.90 Å². The van der Waals surface area contributed by atoms with E-state index in [-0.39, 0.29) is 0 Å². The van der Waals surface area contributed by atoms with Crippen molar-refractivity contribution in [3.8, 4) is 0 Å². The van der Waals surface area contributed by atoms with Crippen LogP contribution in [0.2, 0.25) is 5.15 Å². The third-order valence-corrected chi connectivity index (χ3v) is 2.95. The molecule has 0 saturated carbocycles. The summed E-state index contributed by atoms with van der Waals surface area (Å²) in [7, 11) is 2.09. The standard InChI is InChI=1S/C12H17ClN2O/c1-15(9-11-5-3-7-16-11)8-10-4-2-6-12(13)14-10/h2,4,6,11H,3,5,7-9H2,1H3. The van der Waals surface area contributed by atoms with Gasteiger partial charge in [0.1, 0.15) is 5.15 Å². The van der Waals surface area contributed by atoms with Crippen LogP contribution in [0.25, 0.3) is 0 Å². The molecule has 0 N–H and O–H groups in total. The molecule has 1 fully saturated rings. The van der Waals surface area contributed by atoms with E-state index in [1.165, 1.54) is 12.8 Å². The molecule has 0 amide bonds. The molecular formula is C12H17ClN2O. The number of halogens is 1. The van der Waals surface area contributed by atoms with Gasteiger partial charge in [0.15, 0.2) is 0 Å². The molecule has 1 saturated heterocycles. The highest BCUT2D eigenvalue weighted by molar-refractivity contribution is 6.29. The van der Waals surface area contributed by atoms with E-state index in [0.29, 0.717) is 11.3 Å². The van der Waals surface area contributed by atoms with Crippen molar-refractivity contribution in [3.05, 3.63) is 29.0 Å². The molecule has 1 atom stereocenters. The molecule has 1 aliphatic rings. The normalized spacial score (nSPS) is 20.6. The first kappa shape index (κ1) is 11.8. The molecule has 1 aromatic rings. The maximum Gasteiger partial charge on any atom is 0.129 e. The Hall–Kier alpha value is -0.640. The highest BCUT2D eigenvalue weighted by Crippen LogP contribution is 2.14. The summed E-state index contributed by atoms with van der Waals surface area (Å²) in [5.74, 6) is 0. The summed E-state index contributed by atoms with van der Waals surface area (Å²) >= 11 is 5.84. The van der Waals surface area contributed by atoms with Gasteiger partial charge in [0.2, 0.25) is 0 Å². The molecule has 0 radical (unpaired) electrons. The molecule has 0 bridgehead atoms. The molecule has 88 valence electrons. The lowest BCUT2D eigenvalue weighted by molar-refractivity contribution is 0.0790. The van der Waals surface area contributed by atoms with Gasteiger partial charge >= 0.3 is 0 Å². The van der Waals surface area contributed by atoms with E-state index in [1.54, 1.807) is 6.07 Å². The van der Waals surface area contributed by atoms with Gasteiger partial charge in [0.05, 0.1) is 11.8 Å². The molecule has 1 unspecified atom stereocenters. The molecule has 16 heavy (non-hydrogen) atoms. The van der Waals surface area contributed by atoms with Crippen LogP contribution in [0.1, 0.15) is 18.5 Å². The summed E-state index contributed by atoms with van der Waals surface area (Å²) in [6.45, 7) is 2.70. The monoisotopic (exact) mass is 240 g/mol. The summed E-state index contributed by atoms with van der Waals surface area (Å²) in [5, 5.41) is 0.558. The van der Waals surface area contributed by atoms with Crippen molar-refractivity contribution in [1.82, 2.24) is 9.88 Å². The SMILES string of the molecule is CN(Cc1cccc(Cl)n1)CC1CCCO1. The molecule has 2 heterocycles. The van der Waals surface area contributed by atoms with Crippen LogP contribution in [0.3, 0.4) is 0 Å². The fourth-order valence-electron chi connectivity index (χ4n) is 2.02. The second-order valence-corrected chi connectivity index (χ2v) is 4.67. The Morgan fingerprint density at radius 1 is 1.56 bits per heavy atom. The largest absolute Gasteiger partial charge is 0.377 e. The van der Waals surface area contributed by atoms with Crippen molar-refractivity contribution < 1.29 is 4.74 Å². The second-order valence-electron chi connectivity index (χ2n) is 4.28. The number of rotatable bonds is 4. The molecule has 1 aliphatic heterocycles. The van der Waals surface area contributed by atoms with Gasteiger partial charge in [-0.1, -0.05) is 17.7 Å². The maximum absolute atomic E-state index is 5.84. The van der Waals surface area contributed by atoms with Crippen LogP contribution in [0.15, 0.2) is 18.2 Å². The Labute approximate surface area is 101 Å². The van der Waals surface area contributed by atoms with Crippen LogP contribution in [0.4, 0.5) is 0 Å². The summed E-state index contributed by atoms with van der Waals surface area (Å²) in [6, 6.07) is 5.73. The molecule has 1 aromatic heterocycles. The highest BCUT2D eigenvalue weighted by atomic mass is 35.5. The lowest BCUT2D eigenvalue weighted by Crippen LogP contribution is -2.28. The Morgan fingerprint density at radius 2 is 2.44 bits per heavy atom. The number of hydrogen-bond donors (Lipinski definition) is 0. The minimum Gasteiger partial charge on any atom is -0.377 e. The van der Waals surface area contributed by atoms with Crippen LogP contribution in [-0.4, -0.2) is 36.2 Å². The predicted molar refractivity (Wildman–Crippen MR) is 64.6 cm³/mol. The van der Waals surface area contributed by atoms with E-state index in [9.17, 15) is 0 Å². The van der Waals surface area contributed by atoms with Gasteiger partial charge < -0.3 is 4.74 Å². The summed E-state index contributed by atoms with van der Waals surface area (Å²) in [4.78, 5) is 6.50. The van der Waals surface area contributed by atoms with E-state index >= 15 is 0 Å². The number of likely N-dealkylation sites (N-methyl/N-ethyl adjacent to an activating group) is 1. The average molecular weight is 241 g/mol. The first-order chi connectivity index (χ1) is 7.74. The molecule has 0 spiro atoms. The molecule has 3 nitrogen and oxygen atoms in total. The Morgan fingerprint density at radius 3 is 3.12 bits per heavy atom. The molecular weight excluding hydrogens is 224 g/mol. The van der Waals surface area contributed by atoms with Crippen LogP contribution in [0, 0.1) is 0 Å². The Bertz CT molecular complexity index is 340. The summed E-state index contributed by atoms with van der Waals surface area (Å²) in [5.41, 5.74) is 1.01. The van der Waals surface area contributed by atoms with Crippen LogP contribution >= 0.6 is 11.6 Å². The third kappa shape index (κ3) is 3.44. The van der Waals surface area contributed by atoms with Crippen molar-refractivity contribution in [1.29, 1.82) is 0 Å². The number of ether oxygens (including phenoxy) is 1. The fraction of sp³-hybridized carbons (Fsp3) is 0.583. The van der Waals surface area contributed by atoms with E-state index < -0.39 is 0 Å². The molecule has 0 aliphatic carbocycles. The molecule has 2 rings (SSSR count). The smallest absolute Gasteiger partial charge is 0.129 e. The zero-order chi connectivity index (χ0) is 11.4. The van der Waals surface area contributed by atoms with Crippen molar-refractivity contribution >= 4 is 11.6 Å². The van der Waals surface area contributed by atoms with Crippen molar-refractivity contribution in [2.45, 2.75) is 25.5 Å². The predicted octanol–water partition coefficient (Wildman–Crippen LogP) is 2.35. The summed E-state index contributed by atoms with van der Waals surface area (Å²) < 4.78 is 5.60. The van der Waals surface area contributed by atoms with Crippen molar-refractivity contribution in [2.75, 3.05) is 20.2 Å². The van der Waals surface area contributed by atoms with E-state index in [1.807, 2.05) is 12.1 Å². The molecule has 4 heteroatoms. The zero-order valence-corrected chi connectivity index (χ0v) is 10.3. The van der Waals surface area contributed by atoms with Gasteiger partial charge in [0.25, 0.3) is 0 Å². The van der Waals surface area contributed by atoms with Gasteiger partial charge in [-0.05, 0) is 32.0 Å². The zero-order valence-electron chi connectivity index (χ0n) is 9.53. The van der Waals surface area contributed by atoms with Gasteiger partial charge in [-0.25, -0.2) is 4.98 Å². The fourth-order valence-corrected chi connectivity index (χ4v) is 2.20. The van der Waals surface area contributed by atoms with Crippen LogP contribution in [-0.2, 0) is 11.3 Å². The topological polar surface area (TPSA) is 25.4 Å². The van der Waals surface area contributed by atoms with Gasteiger partial charge in [0, 0.05) is 19.7 Å². The van der Waals surface area contributed by atoms with E-state index in [2.05, 4.69) is 16.9 Å². The number of pyridine rings is 1. The number of nitrogens with zero attached hydrogens (tertiary/aromatic N) is 2. The van der Waals surface area contributed by atoms with Gasteiger partial charge in [-0.2, -0.15) is 0 Å². The first-order valence-electron chi connectivity index (χ1n) is 5.65. The van der Waals surface area contributed by atoms with Crippen LogP contribution < -0.4 is 0 Å². The minimum atomic E-state index is 0.393. The van der Waals surface area contributed by atoms with E-state index in [4.69, 9.17) is 16.3 Å². The number of hydrogen-bond acceptors (Lipinski definition) is 3. The van der Waals surface area contributed by atoms with Gasteiger partial charge in [-0.15, -0.1) is 0 Å². The van der Waals surface area contributed by atoms with Crippen molar-refractivity contribution in [3.63, 3.8) is 0 Å². The lowest BCUT2D eigenvalue weighted by atomic mass is 10.2. The number of aromatic nitrogens is 1. The Kier molecular flexibility index (Phi) is 4.16. The lowest BCUT2D eigenvalue weighted by Gasteiger charge is -2.19.